The Morgan fingerprint density at radius 1 is 0.822 bits per heavy atom. The van der Waals surface area contributed by atoms with Gasteiger partial charge in [-0.2, -0.15) is 0 Å². The predicted octanol–water partition coefficient (Wildman–Crippen LogP) is 6.36. The summed E-state index contributed by atoms with van der Waals surface area (Å²) >= 11 is 13.1. The Morgan fingerprint density at radius 3 is 2.00 bits per heavy atom. The zero-order valence-corrected chi connectivity index (χ0v) is 27.5. The molecular weight excluding hydrogens is 633 g/mol. The number of para-hydroxylation sites is 2. The van der Waals surface area contributed by atoms with Crippen molar-refractivity contribution in [2.45, 2.75) is 43.8 Å². The number of rotatable bonds is 13. The Hall–Kier alpha value is -4.05. The summed E-state index contributed by atoms with van der Waals surface area (Å²) in [6.45, 7) is 2.86. The Balaban J connectivity index is 1.86. The molecule has 0 aliphatic heterocycles. The van der Waals surface area contributed by atoms with E-state index in [1.165, 1.54) is 24.1 Å². The molecule has 0 saturated carbocycles. The van der Waals surface area contributed by atoms with Crippen LogP contribution in [0.1, 0.15) is 25.0 Å². The molecule has 0 spiro atoms. The third-order valence-electron chi connectivity index (χ3n) is 7.06. The molecule has 0 radical (unpaired) electrons. The van der Waals surface area contributed by atoms with Crippen molar-refractivity contribution in [2.75, 3.05) is 18.0 Å². The fourth-order valence-corrected chi connectivity index (χ4v) is 6.82. The molecule has 4 aromatic rings. The molecule has 1 N–H and O–H groups in total. The zero-order chi connectivity index (χ0) is 32.6. The van der Waals surface area contributed by atoms with Crippen LogP contribution in [-0.4, -0.2) is 50.9 Å². The van der Waals surface area contributed by atoms with Gasteiger partial charge in [-0.05, 0) is 55.8 Å². The first-order valence-corrected chi connectivity index (χ1v) is 16.5. The van der Waals surface area contributed by atoms with E-state index in [0.29, 0.717) is 15.6 Å². The van der Waals surface area contributed by atoms with Gasteiger partial charge in [0.05, 0.1) is 17.7 Å². The molecule has 0 aliphatic rings. The van der Waals surface area contributed by atoms with Gasteiger partial charge < -0.3 is 15.0 Å². The Morgan fingerprint density at radius 2 is 1.40 bits per heavy atom. The second-order valence-electron chi connectivity index (χ2n) is 10.6. The quantitative estimate of drug-likeness (QED) is 0.179. The molecule has 0 heterocycles. The van der Waals surface area contributed by atoms with E-state index >= 15 is 0 Å². The standard InChI is InChI=1S/C34H35Cl2N3O5S/c1-24(2)37-34(41)31(21-25-13-6-4-7-14-25)38(22-27-28(35)17-12-18-29(27)36)33(40)23-39(30-19-10-11-20-32(30)44-3)45(42,43)26-15-8-5-9-16-26/h4-20,24,31H,21-23H2,1-3H3,(H,37,41)/t31-/m0/s1. The maximum Gasteiger partial charge on any atom is 0.264 e. The molecule has 45 heavy (non-hydrogen) atoms. The molecular formula is C34H35Cl2N3O5S. The third kappa shape index (κ3) is 8.36. The highest BCUT2D eigenvalue weighted by molar-refractivity contribution is 7.92. The van der Waals surface area contributed by atoms with Crippen LogP contribution < -0.4 is 14.4 Å². The number of anilines is 1. The molecule has 4 rings (SSSR count). The number of nitrogens with zero attached hydrogens (tertiary/aromatic N) is 2. The molecule has 0 fully saturated rings. The Kier molecular flexibility index (Phi) is 11.5. The van der Waals surface area contributed by atoms with Crippen LogP contribution in [0.5, 0.6) is 5.75 Å². The molecule has 0 bridgehead atoms. The van der Waals surface area contributed by atoms with Crippen LogP contribution in [0, 0.1) is 0 Å². The number of carbonyl (C=O) groups is 2. The van der Waals surface area contributed by atoms with E-state index < -0.39 is 34.4 Å². The van der Waals surface area contributed by atoms with Crippen molar-refractivity contribution >= 4 is 50.7 Å². The second-order valence-corrected chi connectivity index (χ2v) is 13.3. The van der Waals surface area contributed by atoms with Gasteiger partial charge in [-0.25, -0.2) is 8.42 Å². The average molecular weight is 669 g/mol. The van der Waals surface area contributed by atoms with E-state index in [4.69, 9.17) is 27.9 Å². The maximum atomic E-state index is 14.6. The molecule has 0 unspecified atom stereocenters. The molecule has 4 aromatic carbocycles. The molecule has 2 amide bonds. The summed E-state index contributed by atoms with van der Waals surface area (Å²) in [7, 11) is -2.85. The van der Waals surface area contributed by atoms with Crippen LogP contribution in [0.25, 0.3) is 0 Å². The summed E-state index contributed by atoms with van der Waals surface area (Å²) in [5.41, 5.74) is 1.40. The van der Waals surface area contributed by atoms with Crippen molar-refractivity contribution in [3.05, 3.63) is 124 Å². The van der Waals surface area contributed by atoms with Crippen molar-refractivity contribution < 1.29 is 22.7 Å². The van der Waals surface area contributed by atoms with Gasteiger partial charge in [-0.3, -0.25) is 13.9 Å². The van der Waals surface area contributed by atoms with Crippen molar-refractivity contribution in [1.82, 2.24) is 10.2 Å². The van der Waals surface area contributed by atoms with Gasteiger partial charge in [0.15, 0.2) is 0 Å². The van der Waals surface area contributed by atoms with Crippen LogP contribution in [0.4, 0.5) is 5.69 Å². The summed E-state index contributed by atoms with van der Waals surface area (Å²) < 4.78 is 34.8. The second kappa shape index (κ2) is 15.3. The van der Waals surface area contributed by atoms with Crippen molar-refractivity contribution in [2.24, 2.45) is 0 Å². The van der Waals surface area contributed by atoms with Crippen LogP contribution >= 0.6 is 23.2 Å². The van der Waals surface area contributed by atoms with E-state index in [2.05, 4.69) is 5.32 Å². The molecule has 0 aliphatic carbocycles. The topological polar surface area (TPSA) is 96.0 Å². The fourth-order valence-electron chi connectivity index (χ4n) is 4.86. The van der Waals surface area contributed by atoms with E-state index in [0.717, 1.165) is 9.87 Å². The number of sulfonamides is 1. The Bertz CT molecular complexity index is 1700. The first-order valence-electron chi connectivity index (χ1n) is 14.3. The number of benzene rings is 4. The van der Waals surface area contributed by atoms with E-state index in [-0.39, 0.29) is 35.3 Å². The third-order valence-corrected chi connectivity index (χ3v) is 9.54. The lowest BCUT2D eigenvalue weighted by Crippen LogP contribution is -2.54. The van der Waals surface area contributed by atoms with Crippen molar-refractivity contribution in [3.63, 3.8) is 0 Å². The van der Waals surface area contributed by atoms with Crippen LogP contribution in [-0.2, 0) is 32.6 Å². The minimum Gasteiger partial charge on any atom is -0.495 e. The highest BCUT2D eigenvalue weighted by Gasteiger charge is 2.36. The smallest absolute Gasteiger partial charge is 0.264 e. The zero-order valence-electron chi connectivity index (χ0n) is 25.2. The lowest BCUT2D eigenvalue weighted by atomic mass is 10.0. The van der Waals surface area contributed by atoms with Gasteiger partial charge in [0.2, 0.25) is 11.8 Å². The van der Waals surface area contributed by atoms with Crippen LogP contribution in [0.15, 0.2) is 108 Å². The number of carbonyl (C=O) groups excluding carboxylic acids is 2. The van der Waals surface area contributed by atoms with Gasteiger partial charge >= 0.3 is 0 Å². The normalized spacial score (nSPS) is 12.0. The van der Waals surface area contributed by atoms with Crippen molar-refractivity contribution in [1.29, 1.82) is 0 Å². The number of methoxy groups -OCH3 is 1. The Labute approximate surface area is 274 Å². The molecule has 0 aromatic heterocycles. The fraction of sp³-hybridized carbons (Fsp3) is 0.235. The summed E-state index contributed by atoms with van der Waals surface area (Å²) in [6.07, 6.45) is 0.160. The molecule has 8 nitrogen and oxygen atoms in total. The highest BCUT2D eigenvalue weighted by Crippen LogP contribution is 2.33. The molecule has 1 atom stereocenters. The summed E-state index contributed by atoms with van der Waals surface area (Å²) in [6, 6.07) is 27.4. The highest BCUT2D eigenvalue weighted by atomic mass is 35.5. The van der Waals surface area contributed by atoms with E-state index in [1.54, 1.807) is 60.7 Å². The van der Waals surface area contributed by atoms with Gasteiger partial charge in [-0.15, -0.1) is 0 Å². The lowest BCUT2D eigenvalue weighted by Gasteiger charge is -2.34. The summed E-state index contributed by atoms with van der Waals surface area (Å²) in [5.74, 6) is -0.791. The van der Waals surface area contributed by atoms with Crippen molar-refractivity contribution in [3.8, 4) is 5.75 Å². The van der Waals surface area contributed by atoms with Gasteiger partial charge in [0.1, 0.15) is 18.3 Å². The van der Waals surface area contributed by atoms with E-state index in [9.17, 15) is 18.0 Å². The SMILES string of the molecule is COc1ccccc1N(CC(=O)N(Cc1c(Cl)cccc1Cl)[C@@H](Cc1ccccc1)C(=O)NC(C)C)S(=O)(=O)c1ccccc1. The predicted molar refractivity (Wildman–Crippen MR) is 178 cm³/mol. The summed E-state index contributed by atoms with van der Waals surface area (Å²) in [4.78, 5) is 29.7. The number of hydrogen-bond donors (Lipinski definition) is 1. The molecule has 236 valence electrons. The largest absolute Gasteiger partial charge is 0.495 e. The maximum absolute atomic E-state index is 14.6. The number of nitrogens with one attached hydrogen (secondary N) is 1. The van der Waals surface area contributed by atoms with Crippen LogP contribution in [0.2, 0.25) is 10.0 Å². The van der Waals surface area contributed by atoms with Gasteiger partial charge in [-0.1, -0.05) is 89.9 Å². The van der Waals surface area contributed by atoms with Gasteiger partial charge in [0, 0.05) is 34.6 Å². The first kappa shape index (κ1) is 33.8. The van der Waals surface area contributed by atoms with Crippen LogP contribution in [0.3, 0.4) is 0 Å². The number of amides is 2. The monoisotopic (exact) mass is 667 g/mol. The lowest BCUT2D eigenvalue weighted by molar-refractivity contribution is -0.140. The first-order chi connectivity index (χ1) is 21.5. The molecule has 0 saturated heterocycles. The minimum absolute atomic E-state index is 0.0113. The minimum atomic E-state index is -4.28. The average Bonchev–Trinajstić information content (AvgIpc) is 3.03. The number of ether oxygens (including phenoxy) is 1. The molecule has 11 heteroatoms. The van der Waals surface area contributed by atoms with Gasteiger partial charge in [0.25, 0.3) is 10.0 Å². The summed E-state index contributed by atoms with van der Waals surface area (Å²) in [5, 5.41) is 3.54. The number of halogens is 2. The number of hydrogen-bond acceptors (Lipinski definition) is 5. The van der Waals surface area contributed by atoms with E-state index in [1.807, 2.05) is 44.2 Å².